The molecule has 1 N–H and O–H groups in total. The van der Waals surface area contributed by atoms with Crippen molar-refractivity contribution in [2.45, 2.75) is 40.2 Å². The van der Waals surface area contributed by atoms with Crippen LogP contribution in [-0.4, -0.2) is 22.9 Å². The Hall–Kier alpha value is -0.540. The van der Waals surface area contributed by atoms with E-state index >= 15 is 0 Å². The Bertz CT molecular complexity index is 307. The van der Waals surface area contributed by atoms with Crippen LogP contribution in [-0.2, 0) is 6.54 Å². The van der Waals surface area contributed by atoms with Gasteiger partial charge in [0, 0.05) is 6.54 Å². The zero-order valence-electron chi connectivity index (χ0n) is 9.81. The van der Waals surface area contributed by atoms with E-state index < -0.39 is 0 Å². The van der Waals surface area contributed by atoms with Crippen molar-refractivity contribution in [1.29, 1.82) is 0 Å². The molecule has 0 bridgehead atoms. The molecule has 0 aliphatic heterocycles. The zero-order chi connectivity index (χ0) is 11.3. The highest BCUT2D eigenvalue weighted by molar-refractivity contribution is 6.31. The van der Waals surface area contributed by atoms with Crippen LogP contribution < -0.4 is 5.32 Å². The molecule has 1 heterocycles. The first kappa shape index (κ1) is 12.5. The third kappa shape index (κ3) is 3.50. The van der Waals surface area contributed by atoms with Gasteiger partial charge in [0.25, 0.3) is 0 Å². The topological polar surface area (TPSA) is 29.9 Å². The second kappa shape index (κ2) is 6.13. The van der Waals surface area contributed by atoms with E-state index in [0.717, 1.165) is 36.0 Å². The lowest BCUT2D eigenvalue weighted by molar-refractivity contribution is 0.535. The minimum absolute atomic E-state index is 0.795. The van der Waals surface area contributed by atoms with E-state index in [4.69, 9.17) is 11.6 Å². The molecule has 0 amide bonds. The van der Waals surface area contributed by atoms with Gasteiger partial charge in [0.15, 0.2) is 0 Å². The van der Waals surface area contributed by atoms with Gasteiger partial charge in [-0.1, -0.05) is 24.9 Å². The molecule has 1 aromatic heterocycles. The van der Waals surface area contributed by atoms with Crippen molar-refractivity contribution < 1.29 is 0 Å². The summed E-state index contributed by atoms with van der Waals surface area (Å²) < 4.78 is 1.97. The van der Waals surface area contributed by atoms with Crippen LogP contribution >= 0.6 is 11.6 Å². The van der Waals surface area contributed by atoms with Crippen molar-refractivity contribution in [3.8, 4) is 0 Å². The molecule has 86 valence electrons. The van der Waals surface area contributed by atoms with E-state index in [9.17, 15) is 0 Å². The van der Waals surface area contributed by atoms with Crippen molar-refractivity contribution in [2.24, 2.45) is 0 Å². The minimum atomic E-state index is 0.795. The van der Waals surface area contributed by atoms with Crippen LogP contribution in [0.2, 0.25) is 5.02 Å². The fourth-order valence-electron chi connectivity index (χ4n) is 1.50. The molecule has 0 radical (unpaired) electrons. The van der Waals surface area contributed by atoms with Gasteiger partial charge in [-0.25, -0.2) is 0 Å². The van der Waals surface area contributed by atoms with E-state index in [-0.39, 0.29) is 0 Å². The Morgan fingerprint density at radius 2 is 2.07 bits per heavy atom. The Labute approximate surface area is 96.8 Å². The fourth-order valence-corrected chi connectivity index (χ4v) is 1.64. The van der Waals surface area contributed by atoms with Gasteiger partial charge in [0.05, 0.1) is 23.0 Å². The summed E-state index contributed by atoms with van der Waals surface area (Å²) in [4.78, 5) is 0. The van der Waals surface area contributed by atoms with Crippen LogP contribution in [0.15, 0.2) is 0 Å². The average Bonchev–Trinajstić information content (AvgIpc) is 2.46. The molecule has 1 aromatic rings. The second-order valence-electron chi connectivity index (χ2n) is 3.81. The molecule has 3 nitrogen and oxygen atoms in total. The normalized spacial score (nSPS) is 10.9. The largest absolute Gasteiger partial charge is 0.315 e. The molecule has 4 heteroatoms. The molecule has 0 aliphatic carbocycles. The molecule has 0 spiro atoms. The van der Waals surface area contributed by atoms with Crippen LogP contribution in [0.4, 0.5) is 0 Å². The zero-order valence-corrected chi connectivity index (χ0v) is 10.6. The van der Waals surface area contributed by atoms with Crippen LogP contribution in [0, 0.1) is 13.8 Å². The second-order valence-corrected chi connectivity index (χ2v) is 4.19. The third-order valence-corrected chi connectivity index (χ3v) is 3.05. The van der Waals surface area contributed by atoms with Crippen molar-refractivity contribution in [2.75, 3.05) is 13.1 Å². The summed E-state index contributed by atoms with van der Waals surface area (Å²) in [5.74, 6) is 0. The lowest BCUT2D eigenvalue weighted by Crippen LogP contribution is -2.21. The molecule has 0 saturated carbocycles. The average molecular weight is 230 g/mol. The summed E-state index contributed by atoms with van der Waals surface area (Å²) in [6.45, 7) is 9.08. The number of hydrogen-bond acceptors (Lipinski definition) is 2. The lowest BCUT2D eigenvalue weighted by atomic mass is 10.3. The first-order valence-electron chi connectivity index (χ1n) is 5.57. The molecular formula is C11H20ClN3. The number of nitrogens with zero attached hydrogens (tertiary/aromatic N) is 2. The number of unbranched alkanes of at least 4 members (excludes halogenated alkanes) is 1. The molecule has 15 heavy (non-hydrogen) atoms. The third-order valence-electron chi connectivity index (χ3n) is 2.50. The number of halogens is 1. The highest BCUT2D eigenvalue weighted by atomic mass is 35.5. The van der Waals surface area contributed by atoms with Crippen LogP contribution in [0.3, 0.4) is 0 Å². The first-order valence-corrected chi connectivity index (χ1v) is 5.94. The smallest absolute Gasteiger partial charge is 0.0844 e. The van der Waals surface area contributed by atoms with E-state index in [2.05, 4.69) is 17.3 Å². The summed E-state index contributed by atoms with van der Waals surface area (Å²) >= 11 is 6.06. The Kier molecular flexibility index (Phi) is 5.12. The van der Waals surface area contributed by atoms with Crippen LogP contribution in [0.5, 0.6) is 0 Å². The molecular weight excluding hydrogens is 210 g/mol. The summed E-state index contributed by atoms with van der Waals surface area (Å²) in [5.41, 5.74) is 1.98. The number of hydrogen-bond donors (Lipinski definition) is 1. The predicted molar refractivity (Wildman–Crippen MR) is 64.5 cm³/mol. The summed E-state index contributed by atoms with van der Waals surface area (Å²) in [5, 5.41) is 8.55. The van der Waals surface area contributed by atoms with Crippen LogP contribution in [0.1, 0.15) is 31.2 Å². The number of aromatic nitrogens is 2. The highest BCUT2D eigenvalue weighted by Crippen LogP contribution is 2.18. The Morgan fingerprint density at radius 1 is 1.33 bits per heavy atom. The predicted octanol–water partition coefficient (Wildman–Crippen LogP) is 2.54. The monoisotopic (exact) mass is 229 g/mol. The Morgan fingerprint density at radius 3 is 2.60 bits per heavy atom. The van der Waals surface area contributed by atoms with E-state index in [0.29, 0.717) is 0 Å². The molecule has 0 saturated heterocycles. The molecule has 0 fully saturated rings. The van der Waals surface area contributed by atoms with Crippen molar-refractivity contribution >= 4 is 11.6 Å². The van der Waals surface area contributed by atoms with Gasteiger partial charge in [0.1, 0.15) is 0 Å². The van der Waals surface area contributed by atoms with Crippen molar-refractivity contribution in [3.05, 3.63) is 16.4 Å². The van der Waals surface area contributed by atoms with Gasteiger partial charge in [-0.05, 0) is 26.8 Å². The quantitative estimate of drug-likeness (QED) is 0.760. The standard InChI is InChI=1S/C11H20ClN3/c1-4-5-6-13-7-8-15-10(3)11(12)9(2)14-15/h13H,4-8H2,1-3H3. The lowest BCUT2D eigenvalue weighted by Gasteiger charge is -2.05. The fraction of sp³-hybridized carbons (Fsp3) is 0.727. The maximum atomic E-state index is 6.06. The molecule has 0 aromatic carbocycles. The van der Waals surface area contributed by atoms with Gasteiger partial charge in [-0.3, -0.25) is 4.68 Å². The summed E-state index contributed by atoms with van der Waals surface area (Å²) in [6, 6.07) is 0. The number of nitrogens with one attached hydrogen (secondary N) is 1. The van der Waals surface area contributed by atoms with Crippen LogP contribution in [0.25, 0.3) is 0 Å². The highest BCUT2D eigenvalue weighted by Gasteiger charge is 2.07. The molecule has 0 aliphatic rings. The van der Waals surface area contributed by atoms with Gasteiger partial charge < -0.3 is 5.32 Å². The maximum Gasteiger partial charge on any atom is 0.0844 e. The van der Waals surface area contributed by atoms with Crippen molar-refractivity contribution in [1.82, 2.24) is 15.1 Å². The summed E-state index contributed by atoms with van der Waals surface area (Å²) in [7, 11) is 0. The minimum Gasteiger partial charge on any atom is -0.315 e. The van der Waals surface area contributed by atoms with Gasteiger partial charge >= 0.3 is 0 Å². The van der Waals surface area contributed by atoms with Gasteiger partial charge in [-0.2, -0.15) is 5.10 Å². The molecule has 1 rings (SSSR count). The van der Waals surface area contributed by atoms with E-state index in [1.807, 2.05) is 18.5 Å². The number of aryl methyl sites for hydroxylation is 1. The maximum absolute atomic E-state index is 6.06. The summed E-state index contributed by atoms with van der Waals surface area (Å²) in [6.07, 6.45) is 2.47. The number of rotatable bonds is 6. The van der Waals surface area contributed by atoms with Gasteiger partial charge in [0.2, 0.25) is 0 Å². The van der Waals surface area contributed by atoms with Crippen molar-refractivity contribution in [3.63, 3.8) is 0 Å². The SMILES string of the molecule is CCCCNCCn1nc(C)c(Cl)c1C. The Balaban J connectivity index is 2.34. The van der Waals surface area contributed by atoms with E-state index in [1.165, 1.54) is 12.8 Å². The van der Waals surface area contributed by atoms with Gasteiger partial charge in [-0.15, -0.1) is 0 Å². The van der Waals surface area contributed by atoms with E-state index in [1.54, 1.807) is 0 Å². The first-order chi connectivity index (χ1) is 7.16. The molecule has 0 unspecified atom stereocenters. The molecule has 0 atom stereocenters.